The van der Waals surface area contributed by atoms with Crippen LogP contribution in [-0.4, -0.2) is 82.3 Å². The van der Waals surface area contributed by atoms with Gasteiger partial charge in [-0.3, -0.25) is 9.59 Å². The SMILES string of the molecule is CC/C=C\C/C=C\C/C=C\C/C=C\C/C=C\C/C=C\C/C=C\C/C=C\C/C=C\C/C=C\C/C=C\C/C=C\CCCCCCC(=O)OC(COC(=O)CCCCCCCCCCCCCCCCCCCCCCCCCCCCCC/C=C\C/C=C\C/C=C\C/C=C\CC)COC(OCC[N+](C)(C)C)C(=O)[O-]. The maximum Gasteiger partial charge on any atom is 0.306 e. The molecule has 606 valence electrons. The Morgan fingerprint density at radius 1 is 0.280 bits per heavy atom. The van der Waals surface area contributed by atoms with Crippen molar-refractivity contribution in [2.75, 3.05) is 47.5 Å². The van der Waals surface area contributed by atoms with E-state index in [0.29, 0.717) is 17.4 Å². The van der Waals surface area contributed by atoms with Gasteiger partial charge in [0.15, 0.2) is 12.4 Å². The summed E-state index contributed by atoms with van der Waals surface area (Å²) in [6, 6.07) is 0. The molecule has 0 fully saturated rings. The molecule has 0 saturated heterocycles. The van der Waals surface area contributed by atoms with Crippen LogP contribution in [0.3, 0.4) is 0 Å². The molecule has 0 radical (unpaired) electrons. The number of carboxylic acids is 1. The highest BCUT2D eigenvalue weighted by atomic mass is 16.7. The molecule has 0 saturated carbocycles. The number of aliphatic carboxylic acids is 1. The first-order chi connectivity index (χ1) is 52.6. The number of hydrogen-bond acceptors (Lipinski definition) is 8. The predicted molar refractivity (Wildman–Crippen MR) is 462 cm³/mol. The zero-order valence-corrected chi connectivity index (χ0v) is 69.4. The Balaban J connectivity index is 4.07. The maximum absolute atomic E-state index is 13.0. The van der Waals surface area contributed by atoms with Crippen molar-refractivity contribution in [3.8, 4) is 0 Å². The van der Waals surface area contributed by atoms with Crippen LogP contribution in [0.1, 0.15) is 348 Å². The van der Waals surface area contributed by atoms with Gasteiger partial charge in [0.05, 0.1) is 40.3 Å². The molecule has 0 N–H and O–H groups in total. The number of carbonyl (C=O) groups excluding carboxylic acids is 3. The summed E-state index contributed by atoms with van der Waals surface area (Å²) in [4.78, 5) is 37.7. The second-order valence-electron chi connectivity index (χ2n) is 29.7. The number of nitrogens with zero attached hydrogens (tertiary/aromatic N) is 1. The number of quaternary nitrogens is 1. The van der Waals surface area contributed by atoms with Gasteiger partial charge in [-0.05, 0) is 141 Å². The molecule has 2 unspecified atom stereocenters. The van der Waals surface area contributed by atoms with Crippen molar-refractivity contribution in [1.82, 2.24) is 0 Å². The molecular weight excluding hydrogens is 1320 g/mol. The van der Waals surface area contributed by atoms with E-state index in [-0.39, 0.29) is 38.6 Å². The Morgan fingerprint density at radius 2 is 0.505 bits per heavy atom. The fourth-order valence-corrected chi connectivity index (χ4v) is 11.8. The molecule has 0 bridgehead atoms. The lowest BCUT2D eigenvalue weighted by Gasteiger charge is -2.26. The van der Waals surface area contributed by atoms with Gasteiger partial charge in [0.1, 0.15) is 13.2 Å². The first-order valence-electron chi connectivity index (χ1n) is 43.6. The fraction of sp³-hybridized carbons (Fsp3) is 0.643. The highest BCUT2D eigenvalue weighted by molar-refractivity contribution is 5.70. The summed E-state index contributed by atoms with van der Waals surface area (Å²) in [7, 11) is 5.92. The fourth-order valence-electron chi connectivity index (χ4n) is 11.8. The molecule has 0 aliphatic heterocycles. The van der Waals surface area contributed by atoms with E-state index in [1.165, 1.54) is 167 Å². The maximum atomic E-state index is 13.0. The Bertz CT molecular complexity index is 2480. The molecule has 0 rings (SSSR count). The molecule has 0 aromatic heterocycles. The van der Waals surface area contributed by atoms with Crippen LogP contribution in [0.4, 0.5) is 0 Å². The lowest BCUT2D eigenvalue weighted by atomic mass is 10.0. The molecule has 0 amide bonds. The molecule has 0 aromatic rings. The third kappa shape index (κ3) is 87.2. The number of carbonyl (C=O) groups is 3. The summed E-state index contributed by atoms with van der Waals surface area (Å²) in [6.45, 7) is 4.50. The molecule has 0 aromatic carbocycles. The summed E-state index contributed by atoms with van der Waals surface area (Å²) >= 11 is 0. The molecule has 0 aliphatic rings. The van der Waals surface area contributed by atoms with Crippen LogP contribution in [0.25, 0.3) is 0 Å². The zero-order chi connectivity index (χ0) is 77.4. The molecular formula is C98H161NO8. The third-order valence-corrected chi connectivity index (χ3v) is 18.3. The normalized spacial score (nSPS) is 13.6. The van der Waals surface area contributed by atoms with Crippen LogP contribution in [-0.2, 0) is 33.3 Å². The lowest BCUT2D eigenvalue weighted by molar-refractivity contribution is -0.870. The van der Waals surface area contributed by atoms with Gasteiger partial charge in [-0.2, -0.15) is 0 Å². The molecule has 9 nitrogen and oxygen atoms in total. The minimum Gasteiger partial charge on any atom is -0.545 e. The number of hydrogen-bond donors (Lipinski definition) is 0. The number of allylic oxidation sites excluding steroid dienone is 32. The summed E-state index contributed by atoms with van der Waals surface area (Å²) in [6.07, 6.45) is 129. The van der Waals surface area contributed by atoms with Crippen LogP contribution < -0.4 is 5.11 Å². The Labute approximate surface area is 659 Å². The smallest absolute Gasteiger partial charge is 0.306 e. The van der Waals surface area contributed by atoms with Crippen LogP contribution in [0.15, 0.2) is 194 Å². The van der Waals surface area contributed by atoms with E-state index in [1.54, 1.807) is 0 Å². The van der Waals surface area contributed by atoms with E-state index in [2.05, 4.69) is 208 Å². The quantitative estimate of drug-likeness (QED) is 0.0195. The largest absolute Gasteiger partial charge is 0.545 e. The second-order valence-corrected chi connectivity index (χ2v) is 29.7. The average molecular weight is 1480 g/mol. The van der Waals surface area contributed by atoms with Gasteiger partial charge in [0, 0.05) is 12.8 Å². The molecule has 0 heterocycles. The van der Waals surface area contributed by atoms with E-state index in [4.69, 9.17) is 18.9 Å². The van der Waals surface area contributed by atoms with Gasteiger partial charge in [-0.15, -0.1) is 0 Å². The molecule has 2 atom stereocenters. The Hall–Kier alpha value is -5.87. The number of likely N-dealkylation sites (N-methyl/N-ethyl adjacent to an activating group) is 1. The van der Waals surface area contributed by atoms with Crippen LogP contribution in [0, 0.1) is 0 Å². The van der Waals surface area contributed by atoms with Crippen LogP contribution >= 0.6 is 0 Å². The highest BCUT2D eigenvalue weighted by Crippen LogP contribution is 2.18. The van der Waals surface area contributed by atoms with Gasteiger partial charge in [0.25, 0.3) is 0 Å². The van der Waals surface area contributed by atoms with Gasteiger partial charge >= 0.3 is 11.9 Å². The monoisotopic (exact) mass is 1480 g/mol. The molecule has 9 heteroatoms. The Morgan fingerprint density at radius 3 is 0.748 bits per heavy atom. The first kappa shape index (κ1) is 101. The number of carboxylic acid groups (broad SMARTS) is 1. The van der Waals surface area contributed by atoms with E-state index in [1.807, 2.05) is 21.1 Å². The minimum absolute atomic E-state index is 0.135. The topological polar surface area (TPSA) is 111 Å². The number of esters is 2. The van der Waals surface area contributed by atoms with Gasteiger partial charge in [-0.1, -0.05) is 388 Å². The van der Waals surface area contributed by atoms with Crippen molar-refractivity contribution >= 4 is 17.9 Å². The van der Waals surface area contributed by atoms with Crippen LogP contribution in [0.5, 0.6) is 0 Å². The number of ether oxygens (including phenoxy) is 4. The molecule has 107 heavy (non-hydrogen) atoms. The van der Waals surface area contributed by atoms with Crippen LogP contribution in [0.2, 0.25) is 0 Å². The highest BCUT2D eigenvalue weighted by Gasteiger charge is 2.22. The molecule has 0 aliphatic carbocycles. The van der Waals surface area contributed by atoms with Gasteiger partial charge in [0.2, 0.25) is 0 Å². The zero-order valence-electron chi connectivity index (χ0n) is 69.4. The van der Waals surface area contributed by atoms with E-state index in [9.17, 15) is 19.5 Å². The van der Waals surface area contributed by atoms with Gasteiger partial charge < -0.3 is 33.3 Å². The average Bonchev–Trinajstić information content (AvgIpc) is 0.965. The third-order valence-electron chi connectivity index (χ3n) is 18.3. The number of unbranched alkanes of at least 4 members (excludes halogenated alkanes) is 32. The lowest BCUT2D eigenvalue weighted by Crippen LogP contribution is -2.44. The summed E-state index contributed by atoms with van der Waals surface area (Å²) in [5, 5.41) is 11.9. The van der Waals surface area contributed by atoms with Crippen molar-refractivity contribution in [1.29, 1.82) is 0 Å². The van der Waals surface area contributed by atoms with Crippen molar-refractivity contribution in [3.63, 3.8) is 0 Å². The minimum atomic E-state index is -1.64. The number of rotatable bonds is 79. The van der Waals surface area contributed by atoms with Crippen molar-refractivity contribution in [2.45, 2.75) is 360 Å². The van der Waals surface area contributed by atoms with Crippen molar-refractivity contribution < 1.29 is 42.9 Å². The first-order valence-corrected chi connectivity index (χ1v) is 43.6. The van der Waals surface area contributed by atoms with E-state index in [0.717, 1.165) is 148 Å². The summed E-state index contributed by atoms with van der Waals surface area (Å²) < 4.78 is 22.8. The summed E-state index contributed by atoms with van der Waals surface area (Å²) in [5.41, 5.74) is 0. The second kappa shape index (κ2) is 85.7. The Kier molecular flexibility index (Phi) is 81.0. The molecule has 0 spiro atoms. The standard InChI is InChI=1S/C98H161NO8/c1-6-8-10-12-14-16-18-20-22-24-26-28-30-32-34-36-38-40-42-44-46-48-50-52-54-56-58-60-62-64-66-68-70-72-74-76-78-80-82-84-86-88-95(100)105-92-94(93-106-98(97(102)103)104-91-90-99(3,4)5)107-96(101)89-87-85-83-81-79-77-75-73-71-69-67-65-63-61-59-57-55-53-51-49-47-45-43-41-39-37-35-33-31-29-27-25-23-21-19-17-15-13-11-9-7-2/h8-11,14-17,20-23,26-29,33,35,39,41,45,47,51,53,57,59,63,65,69,71,75,77,94,98H,6-7,12-13,18-19,24-25,30-32,34,36-38,40,42-44,46,48-50,52,54-56,58,60-62,64,66-68,70,72-74,76,78-93H2,1-5H3/b10-8-,11-9-,16-14-,17-15-,22-20-,23-21-,28-26-,29-27-,35-33-,41-39-,47-45-,53-51-,59-57-,65-63-,71-69-,77-75-. The van der Waals surface area contributed by atoms with Crippen molar-refractivity contribution in [2.24, 2.45) is 0 Å². The summed E-state index contributed by atoms with van der Waals surface area (Å²) in [5.74, 6) is -2.32. The predicted octanol–water partition coefficient (Wildman–Crippen LogP) is 27.5. The van der Waals surface area contributed by atoms with Gasteiger partial charge in [-0.25, -0.2) is 0 Å². The van der Waals surface area contributed by atoms with E-state index >= 15 is 0 Å². The van der Waals surface area contributed by atoms with E-state index < -0.39 is 24.3 Å². The van der Waals surface area contributed by atoms with Crippen molar-refractivity contribution in [3.05, 3.63) is 194 Å².